The van der Waals surface area contributed by atoms with Crippen LogP contribution in [0, 0.1) is 5.92 Å². The summed E-state index contributed by atoms with van der Waals surface area (Å²) >= 11 is 0. The summed E-state index contributed by atoms with van der Waals surface area (Å²) in [5.41, 5.74) is 2.03. The van der Waals surface area contributed by atoms with Crippen molar-refractivity contribution < 1.29 is 9.53 Å². The molecule has 0 aromatic heterocycles. The van der Waals surface area contributed by atoms with Crippen LogP contribution in [0.2, 0.25) is 0 Å². The lowest BCUT2D eigenvalue weighted by Gasteiger charge is -2.29. The van der Waals surface area contributed by atoms with E-state index in [1.54, 1.807) is 0 Å². The van der Waals surface area contributed by atoms with Gasteiger partial charge in [0, 0.05) is 24.5 Å². The van der Waals surface area contributed by atoms with Crippen molar-refractivity contribution in [3.63, 3.8) is 0 Å². The second-order valence-electron chi connectivity index (χ2n) is 6.97. The predicted octanol–water partition coefficient (Wildman–Crippen LogP) is 2.83. The maximum absolute atomic E-state index is 12.4. The third kappa shape index (κ3) is 5.49. The van der Waals surface area contributed by atoms with E-state index in [0.717, 1.165) is 45.0 Å². The standard InChI is InChI=1S/C19H31N3O2/c1-15(2)9-10-21(4)16(3)19(23)20-17-5-7-18(8-6-17)22-11-13-24-14-12-22/h5-8,15-16H,9-14H2,1-4H3,(H,20,23). The molecule has 1 aliphatic heterocycles. The molecule has 134 valence electrons. The highest BCUT2D eigenvalue weighted by Gasteiger charge is 2.18. The van der Waals surface area contributed by atoms with Crippen molar-refractivity contribution in [2.75, 3.05) is 50.1 Å². The van der Waals surface area contributed by atoms with Crippen molar-refractivity contribution in [3.05, 3.63) is 24.3 Å². The molecule has 1 unspecified atom stereocenters. The quantitative estimate of drug-likeness (QED) is 0.833. The average molecular weight is 333 g/mol. The van der Waals surface area contributed by atoms with Crippen molar-refractivity contribution in [1.82, 2.24) is 4.90 Å². The molecule has 1 N–H and O–H groups in total. The largest absolute Gasteiger partial charge is 0.378 e. The van der Waals surface area contributed by atoms with Gasteiger partial charge in [-0.1, -0.05) is 13.8 Å². The molecule has 1 aliphatic rings. The Bertz CT molecular complexity index is 510. The lowest BCUT2D eigenvalue weighted by atomic mass is 10.1. The zero-order valence-corrected chi connectivity index (χ0v) is 15.4. The van der Waals surface area contributed by atoms with E-state index in [2.05, 4.69) is 41.1 Å². The number of nitrogens with one attached hydrogen (secondary N) is 1. The van der Waals surface area contributed by atoms with Crippen molar-refractivity contribution in [1.29, 1.82) is 0 Å². The molecule has 1 aromatic carbocycles. The van der Waals surface area contributed by atoms with Crippen molar-refractivity contribution in [2.45, 2.75) is 33.2 Å². The van der Waals surface area contributed by atoms with Crippen LogP contribution in [-0.4, -0.2) is 56.7 Å². The minimum atomic E-state index is -0.136. The molecule has 1 saturated heterocycles. The zero-order chi connectivity index (χ0) is 17.5. The smallest absolute Gasteiger partial charge is 0.241 e. The Labute approximate surface area is 146 Å². The summed E-state index contributed by atoms with van der Waals surface area (Å²) in [6.07, 6.45) is 1.10. The van der Waals surface area contributed by atoms with Crippen molar-refractivity contribution in [2.24, 2.45) is 5.92 Å². The number of hydrogen-bond acceptors (Lipinski definition) is 4. The second kappa shape index (κ2) is 9.04. The minimum absolute atomic E-state index is 0.0420. The van der Waals surface area contributed by atoms with Crippen LogP contribution in [-0.2, 0) is 9.53 Å². The third-order valence-electron chi connectivity index (χ3n) is 4.61. The van der Waals surface area contributed by atoms with Gasteiger partial charge < -0.3 is 15.0 Å². The molecule has 1 fully saturated rings. The van der Waals surface area contributed by atoms with Crippen molar-refractivity contribution >= 4 is 17.3 Å². The summed E-state index contributed by atoms with van der Waals surface area (Å²) in [4.78, 5) is 16.8. The summed E-state index contributed by atoms with van der Waals surface area (Å²) in [7, 11) is 2.01. The molecule has 0 saturated carbocycles. The van der Waals surface area contributed by atoms with Gasteiger partial charge in [-0.3, -0.25) is 9.69 Å². The normalized spacial score (nSPS) is 16.5. The van der Waals surface area contributed by atoms with E-state index in [4.69, 9.17) is 4.74 Å². The fraction of sp³-hybridized carbons (Fsp3) is 0.632. The highest BCUT2D eigenvalue weighted by atomic mass is 16.5. The van der Waals surface area contributed by atoms with E-state index in [-0.39, 0.29) is 11.9 Å². The Kier molecular flexibility index (Phi) is 7.06. The topological polar surface area (TPSA) is 44.8 Å². The maximum Gasteiger partial charge on any atom is 0.241 e. The average Bonchev–Trinajstić information content (AvgIpc) is 2.60. The van der Waals surface area contributed by atoms with Crippen LogP contribution in [0.3, 0.4) is 0 Å². The van der Waals surface area contributed by atoms with Crippen LogP contribution >= 0.6 is 0 Å². The lowest BCUT2D eigenvalue weighted by Crippen LogP contribution is -2.40. The molecular formula is C19H31N3O2. The molecule has 2 rings (SSSR count). The Morgan fingerprint density at radius 3 is 2.42 bits per heavy atom. The number of nitrogens with zero attached hydrogens (tertiary/aromatic N) is 2. The molecule has 0 bridgehead atoms. The molecule has 1 amide bonds. The van der Waals surface area contributed by atoms with E-state index in [1.165, 1.54) is 5.69 Å². The molecule has 5 heteroatoms. The summed E-state index contributed by atoms with van der Waals surface area (Å²) < 4.78 is 5.38. The fourth-order valence-corrected chi connectivity index (χ4v) is 2.68. The van der Waals surface area contributed by atoms with Crippen LogP contribution in [0.25, 0.3) is 0 Å². The summed E-state index contributed by atoms with van der Waals surface area (Å²) in [6.45, 7) is 10.7. The molecule has 0 radical (unpaired) electrons. The molecule has 1 aromatic rings. The first kappa shape index (κ1) is 18.7. The number of morpholine rings is 1. The Morgan fingerprint density at radius 1 is 1.21 bits per heavy atom. The van der Waals surface area contributed by atoms with E-state index >= 15 is 0 Å². The monoisotopic (exact) mass is 333 g/mol. The number of amides is 1. The number of carbonyl (C=O) groups excluding carboxylic acids is 1. The van der Waals surface area contributed by atoms with Gasteiger partial charge in [0.1, 0.15) is 0 Å². The highest BCUT2D eigenvalue weighted by molar-refractivity contribution is 5.94. The third-order valence-corrected chi connectivity index (χ3v) is 4.61. The van der Waals surface area contributed by atoms with Gasteiger partial charge in [-0.05, 0) is 57.1 Å². The van der Waals surface area contributed by atoms with E-state index in [1.807, 2.05) is 26.1 Å². The molecule has 0 spiro atoms. The summed E-state index contributed by atoms with van der Waals surface area (Å²) in [5, 5.41) is 3.02. The molecular weight excluding hydrogens is 302 g/mol. The summed E-state index contributed by atoms with van der Waals surface area (Å²) in [5.74, 6) is 0.691. The van der Waals surface area contributed by atoms with Gasteiger partial charge in [0.25, 0.3) is 0 Å². The van der Waals surface area contributed by atoms with Crippen LogP contribution in [0.15, 0.2) is 24.3 Å². The SMILES string of the molecule is CC(C)CCN(C)C(C)C(=O)Nc1ccc(N2CCOCC2)cc1. The van der Waals surface area contributed by atoms with Crippen LogP contribution in [0.1, 0.15) is 27.2 Å². The van der Waals surface area contributed by atoms with Gasteiger partial charge in [-0.25, -0.2) is 0 Å². The Morgan fingerprint density at radius 2 is 1.83 bits per heavy atom. The van der Waals surface area contributed by atoms with Crippen molar-refractivity contribution in [3.8, 4) is 0 Å². The first-order valence-corrected chi connectivity index (χ1v) is 8.91. The van der Waals surface area contributed by atoms with E-state index < -0.39 is 0 Å². The minimum Gasteiger partial charge on any atom is -0.378 e. The molecule has 5 nitrogen and oxygen atoms in total. The molecule has 1 atom stereocenters. The lowest BCUT2D eigenvalue weighted by molar-refractivity contribution is -0.120. The number of anilines is 2. The highest BCUT2D eigenvalue weighted by Crippen LogP contribution is 2.19. The van der Waals surface area contributed by atoms with Crippen LogP contribution in [0.5, 0.6) is 0 Å². The van der Waals surface area contributed by atoms with Gasteiger partial charge in [-0.15, -0.1) is 0 Å². The van der Waals surface area contributed by atoms with Gasteiger partial charge in [0.05, 0.1) is 19.3 Å². The Balaban J connectivity index is 1.86. The first-order valence-electron chi connectivity index (χ1n) is 8.91. The van der Waals surface area contributed by atoms with Gasteiger partial charge in [-0.2, -0.15) is 0 Å². The maximum atomic E-state index is 12.4. The number of hydrogen-bond donors (Lipinski definition) is 1. The fourth-order valence-electron chi connectivity index (χ4n) is 2.68. The van der Waals surface area contributed by atoms with Gasteiger partial charge in [0.15, 0.2) is 0 Å². The van der Waals surface area contributed by atoms with E-state index in [0.29, 0.717) is 5.92 Å². The van der Waals surface area contributed by atoms with Crippen LogP contribution < -0.4 is 10.2 Å². The molecule has 1 heterocycles. The number of likely N-dealkylation sites (N-methyl/N-ethyl adjacent to an activating group) is 1. The van der Waals surface area contributed by atoms with Gasteiger partial charge in [0.2, 0.25) is 5.91 Å². The van der Waals surface area contributed by atoms with E-state index in [9.17, 15) is 4.79 Å². The molecule has 0 aliphatic carbocycles. The number of carbonyl (C=O) groups is 1. The number of benzene rings is 1. The van der Waals surface area contributed by atoms with Gasteiger partial charge >= 0.3 is 0 Å². The van der Waals surface area contributed by atoms with Crippen LogP contribution in [0.4, 0.5) is 11.4 Å². The first-order chi connectivity index (χ1) is 11.5. The summed E-state index contributed by atoms with van der Waals surface area (Å²) in [6, 6.07) is 7.94. The number of ether oxygens (including phenoxy) is 1. The molecule has 24 heavy (non-hydrogen) atoms. The zero-order valence-electron chi connectivity index (χ0n) is 15.4. The second-order valence-corrected chi connectivity index (χ2v) is 6.97. The predicted molar refractivity (Wildman–Crippen MR) is 99.7 cm³/mol. The number of rotatable bonds is 7. The Hall–Kier alpha value is -1.59.